The van der Waals surface area contributed by atoms with Crippen molar-refractivity contribution in [2.45, 2.75) is 19.1 Å². The van der Waals surface area contributed by atoms with Crippen LogP contribution in [0.25, 0.3) is 0 Å². The first-order chi connectivity index (χ1) is 6.75. The lowest BCUT2D eigenvalue weighted by Crippen LogP contribution is -2.17. The number of rotatable bonds is 1. The number of nitrogens with two attached hydrogens (primary N) is 1. The summed E-state index contributed by atoms with van der Waals surface area (Å²) in [4.78, 5) is 0. The average molecular weight is 278 g/mol. The van der Waals surface area contributed by atoms with Crippen LogP contribution in [0.2, 0.25) is 5.02 Å². The summed E-state index contributed by atoms with van der Waals surface area (Å²) in [6.07, 6.45) is -4.63. The van der Waals surface area contributed by atoms with Crippen molar-refractivity contribution >= 4 is 24.0 Å². The van der Waals surface area contributed by atoms with Crippen molar-refractivity contribution in [2.75, 3.05) is 0 Å². The Balaban J connectivity index is 0.00000225. The van der Waals surface area contributed by atoms with E-state index in [4.69, 9.17) is 17.3 Å². The van der Waals surface area contributed by atoms with Crippen LogP contribution in [0, 0.1) is 5.82 Å². The lowest BCUT2D eigenvalue weighted by molar-refractivity contribution is -0.138. The maximum Gasteiger partial charge on any atom is 0.416 e. The van der Waals surface area contributed by atoms with Gasteiger partial charge in [0.25, 0.3) is 0 Å². The van der Waals surface area contributed by atoms with Crippen molar-refractivity contribution in [3.8, 4) is 0 Å². The lowest BCUT2D eigenvalue weighted by atomic mass is 10.0. The molecular weight excluding hydrogens is 269 g/mol. The van der Waals surface area contributed by atoms with Gasteiger partial charge in [-0.1, -0.05) is 11.6 Å². The van der Waals surface area contributed by atoms with Crippen LogP contribution in [0.3, 0.4) is 0 Å². The van der Waals surface area contributed by atoms with Crippen molar-refractivity contribution in [2.24, 2.45) is 5.73 Å². The van der Waals surface area contributed by atoms with Crippen LogP contribution in [-0.4, -0.2) is 0 Å². The minimum absolute atomic E-state index is 0. The first kappa shape index (κ1) is 15.5. The molecule has 1 nitrogen and oxygen atoms in total. The molecule has 0 bridgehead atoms. The van der Waals surface area contributed by atoms with Gasteiger partial charge in [-0.2, -0.15) is 13.2 Å². The molecule has 1 atom stereocenters. The van der Waals surface area contributed by atoms with E-state index in [1.165, 1.54) is 6.92 Å². The zero-order valence-electron chi connectivity index (χ0n) is 8.11. The van der Waals surface area contributed by atoms with Gasteiger partial charge in [0.05, 0.1) is 10.6 Å². The molecule has 7 heteroatoms. The van der Waals surface area contributed by atoms with E-state index in [1.54, 1.807) is 0 Å². The molecule has 0 saturated carbocycles. The summed E-state index contributed by atoms with van der Waals surface area (Å²) in [6.45, 7) is 1.27. The molecule has 2 N–H and O–H groups in total. The van der Waals surface area contributed by atoms with E-state index in [0.29, 0.717) is 0 Å². The lowest BCUT2D eigenvalue weighted by Gasteiger charge is -2.16. The Labute approximate surface area is 101 Å². The quantitative estimate of drug-likeness (QED) is 0.773. The molecule has 0 aliphatic heterocycles. The summed E-state index contributed by atoms with van der Waals surface area (Å²) in [7, 11) is 0. The molecule has 1 aromatic rings. The first-order valence-corrected chi connectivity index (χ1v) is 4.43. The normalized spacial score (nSPS) is 13.2. The molecule has 0 radical (unpaired) electrons. The number of halogens is 6. The predicted octanol–water partition coefficient (Wildman–Crippen LogP) is 3.94. The number of alkyl halides is 3. The molecule has 1 aromatic carbocycles. The van der Waals surface area contributed by atoms with Gasteiger partial charge >= 0.3 is 6.18 Å². The maximum atomic E-state index is 13.3. The summed E-state index contributed by atoms with van der Waals surface area (Å²) >= 11 is 5.38. The second-order valence-corrected chi connectivity index (χ2v) is 3.52. The van der Waals surface area contributed by atoms with Gasteiger partial charge in [0, 0.05) is 11.6 Å². The highest BCUT2D eigenvalue weighted by atomic mass is 35.5. The minimum Gasteiger partial charge on any atom is -0.324 e. The fraction of sp³-hybridized carbons (Fsp3) is 0.333. The van der Waals surface area contributed by atoms with Gasteiger partial charge in [0.1, 0.15) is 5.82 Å². The van der Waals surface area contributed by atoms with Crippen molar-refractivity contribution in [3.05, 3.63) is 34.1 Å². The van der Waals surface area contributed by atoms with Crippen molar-refractivity contribution in [3.63, 3.8) is 0 Å². The first-order valence-electron chi connectivity index (χ1n) is 4.05. The van der Waals surface area contributed by atoms with Crippen molar-refractivity contribution < 1.29 is 17.6 Å². The third-order valence-corrected chi connectivity index (χ3v) is 2.19. The van der Waals surface area contributed by atoms with E-state index >= 15 is 0 Å². The highest BCUT2D eigenvalue weighted by Crippen LogP contribution is 2.37. The van der Waals surface area contributed by atoms with E-state index in [2.05, 4.69) is 0 Å². The van der Waals surface area contributed by atoms with Gasteiger partial charge in [0.2, 0.25) is 0 Å². The van der Waals surface area contributed by atoms with Gasteiger partial charge in [-0.3, -0.25) is 0 Å². The monoisotopic (exact) mass is 277 g/mol. The fourth-order valence-corrected chi connectivity index (χ4v) is 1.42. The molecule has 0 aromatic heterocycles. The molecule has 0 amide bonds. The summed E-state index contributed by atoms with van der Waals surface area (Å²) in [5.41, 5.74) is 3.60. The topological polar surface area (TPSA) is 26.0 Å². The second-order valence-electron chi connectivity index (χ2n) is 3.11. The third kappa shape index (κ3) is 2.99. The second kappa shape index (κ2) is 5.21. The highest BCUT2D eigenvalue weighted by molar-refractivity contribution is 6.30. The summed E-state index contributed by atoms with van der Waals surface area (Å²) in [5, 5.41) is -0.365. The van der Waals surface area contributed by atoms with Crippen LogP contribution >= 0.6 is 24.0 Å². The standard InChI is InChI=1S/C9H8ClF4N.ClH/c1-4(15)7-5(9(12,13)14)2-3-6(10)8(7)11;/h2-4H,15H2,1H3;1H/t4-;/m1./s1. The Morgan fingerprint density at radius 1 is 1.31 bits per heavy atom. The van der Waals surface area contributed by atoms with Gasteiger partial charge in [-0.25, -0.2) is 4.39 Å². The van der Waals surface area contributed by atoms with Crippen molar-refractivity contribution in [1.82, 2.24) is 0 Å². The summed E-state index contributed by atoms with van der Waals surface area (Å²) in [6, 6.07) is 0.524. The number of hydrogen-bond acceptors (Lipinski definition) is 1. The Morgan fingerprint density at radius 2 is 1.81 bits per heavy atom. The molecule has 92 valence electrons. The molecular formula is C9H9Cl2F4N. The molecule has 0 unspecified atom stereocenters. The number of hydrogen-bond donors (Lipinski definition) is 1. The van der Waals surface area contributed by atoms with E-state index in [1.807, 2.05) is 0 Å². The zero-order valence-corrected chi connectivity index (χ0v) is 9.68. The highest BCUT2D eigenvalue weighted by Gasteiger charge is 2.36. The Hall–Kier alpha value is -0.520. The van der Waals surface area contributed by atoms with E-state index in [9.17, 15) is 17.6 Å². The summed E-state index contributed by atoms with van der Waals surface area (Å²) in [5.74, 6) is -1.11. The van der Waals surface area contributed by atoms with Crippen LogP contribution in [0.4, 0.5) is 17.6 Å². The predicted molar refractivity (Wildman–Crippen MR) is 56.3 cm³/mol. The molecule has 0 spiro atoms. The third-order valence-electron chi connectivity index (χ3n) is 1.89. The summed E-state index contributed by atoms with van der Waals surface area (Å²) < 4.78 is 50.7. The Kier molecular flexibility index (Phi) is 5.04. The minimum atomic E-state index is -4.63. The van der Waals surface area contributed by atoms with Crippen LogP contribution < -0.4 is 5.73 Å². The molecule has 16 heavy (non-hydrogen) atoms. The van der Waals surface area contributed by atoms with E-state index < -0.39 is 29.2 Å². The SMILES string of the molecule is C[C@@H](N)c1c(C(F)(F)F)ccc(Cl)c1F.Cl. The Bertz CT molecular complexity index is 377. The Morgan fingerprint density at radius 3 is 2.19 bits per heavy atom. The average Bonchev–Trinajstić information content (AvgIpc) is 2.06. The van der Waals surface area contributed by atoms with Crippen LogP contribution in [-0.2, 0) is 6.18 Å². The van der Waals surface area contributed by atoms with Crippen molar-refractivity contribution in [1.29, 1.82) is 0 Å². The van der Waals surface area contributed by atoms with Gasteiger partial charge < -0.3 is 5.73 Å². The number of benzene rings is 1. The van der Waals surface area contributed by atoms with Gasteiger partial charge in [-0.05, 0) is 19.1 Å². The smallest absolute Gasteiger partial charge is 0.324 e. The zero-order chi connectivity index (χ0) is 11.8. The fourth-order valence-electron chi connectivity index (χ4n) is 1.26. The van der Waals surface area contributed by atoms with E-state index in [0.717, 1.165) is 12.1 Å². The molecule has 0 fully saturated rings. The van der Waals surface area contributed by atoms with E-state index in [-0.39, 0.29) is 17.4 Å². The largest absolute Gasteiger partial charge is 0.416 e. The van der Waals surface area contributed by atoms with Crippen LogP contribution in [0.1, 0.15) is 24.1 Å². The molecule has 0 saturated heterocycles. The van der Waals surface area contributed by atoms with Gasteiger partial charge in [-0.15, -0.1) is 12.4 Å². The van der Waals surface area contributed by atoms with Crippen LogP contribution in [0.15, 0.2) is 12.1 Å². The molecule has 1 rings (SSSR count). The molecule has 0 heterocycles. The maximum absolute atomic E-state index is 13.3. The van der Waals surface area contributed by atoms with Crippen LogP contribution in [0.5, 0.6) is 0 Å². The van der Waals surface area contributed by atoms with Gasteiger partial charge in [0.15, 0.2) is 0 Å². The molecule has 0 aliphatic rings. The molecule has 0 aliphatic carbocycles.